The minimum atomic E-state index is 0.260. The quantitative estimate of drug-likeness (QED) is 0.672. The van der Waals surface area contributed by atoms with Crippen LogP contribution in [0.3, 0.4) is 0 Å². The summed E-state index contributed by atoms with van der Waals surface area (Å²) < 4.78 is 5.13. The van der Waals surface area contributed by atoms with Crippen LogP contribution in [0.1, 0.15) is 5.76 Å². The standard InChI is InChI=1S/C9H12N2O/c10-8-6-11-9(8)4-3-7-2-1-5-12-7/h1-5,8-9,11H,6,10H2. The Morgan fingerprint density at radius 1 is 1.67 bits per heavy atom. The molecule has 2 atom stereocenters. The first-order valence-electron chi connectivity index (χ1n) is 4.07. The van der Waals surface area contributed by atoms with Gasteiger partial charge in [-0.25, -0.2) is 0 Å². The molecule has 0 amide bonds. The van der Waals surface area contributed by atoms with Gasteiger partial charge >= 0.3 is 0 Å². The third-order valence-electron chi connectivity index (χ3n) is 2.06. The molecule has 0 spiro atoms. The lowest BCUT2D eigenvalue weighted by atomic mass is 10.0. The zero-order valence-electron chi connectivity index (χ0n) is 6.73. The first kappa shape index (κ1) is 7.58. The van der Waals surface area contributed by atoms with Gasteiger partial charge in [0, 0.05) is 18.6 Å². The maximum Gasteiger partial charge on any atom is 0.126 e. The van der Waals surface area contributed by atoms with E-state index in [9.17, 15) is 0 Å². The van der Waals surface area contributed by atoms with Crippen molar-refractivity contribution in [2.75, 3.05) is 6.54 Å². The molecule has 2 unspecified atom stereocenters. The Morgan fingerprint density at radius 3 is 3.08 bits per heavy atom. The average Bonchev–Trinajstić information content (AvgIpc) is 2.54. The summed E-state index contributed by atoms with van der Waals surface area (Å²) >= 11 is 0. The molecule has 0 aromatic carbocycles. The van der Waals surface area contributed by atoms with Crippen LogP contribution < -0.4 is 11.1 Å². The number of rotatable bonds is 2. The number of nitrogens with one attached hydrogen (secondary N) is 1. The molecule has 3 N–H and O–H groups in total. The zero-order valence-corrected chi connectivity index (χ0v) is 6.73. The highest BCUT2D eigenvalue weighted by Gasteiger charge is 2.23. The van der Waals surface area contributed by atoms with Crippen LogP contribution in [0.2, 0.25) is 0 Å². The summed E-state index contributed by atoms with van der Waals surface area (Å²) in [5, 5.41) is 3.20. The molecule has 64 valence electrons. The van der Waals surface area contributed by atoms with E-state index in [1.165, 1.54) is 0 Å². The topological polar surface area (TPSA) is 51.2 Å². The van der Waals surface area contributed by atoms with Crippen molar-refractivity contribution in [3.05, 3.63) is 30.2 Å². The molecule has 1 saturated heterocycles. The van der Waals surface area contributed by atoms with Crippen LogP contribution in [0.4, 0.5) is 0 Å². The monoisotopic (exact) mass is 164 g/mol. The SMILES string of the molecule is NC1CNC1C=Cc1ccco1. The summed E-state index contributed by atoms with van der Waals surface area (Å²) in [5.41, 5.74) is 5.72. The van der Waals surface area contributed by atoms with Crippen molar-refractivity contribution in [3.8, 4) is 0 Å². The molecular formula is C9H12N2O. The van der Waals surface area contributed by atoms with Gasteiger partial charge < -0.3 is 15.5 Å². The molecule has 1 aromatic rings. The van der Waals surface area contributed by atoms with Gasteiger partial charge in [-0.1, -0.05) is 6.08 Å². The van der Waals surface area contributed by atoms with Gasteiger partial charge in [0.2, 0.25) is 0 Å². The van der Waals surface area contributed by atoms with E-state index >= 15 is 0 Å². The molecule has 1 fully saturated rings. The summed E-state index contributed by atoms with van der Waals surface area (Å²) in [6.45, 7) is 0.910. The third kappa shape index (κ3) is 1.42. The normalized spacial score (nSPS) is 29.1. The minimum Gasteiger partial charge on any atom is -0.465 e. The van der Waals surface area contributed by atoms with Crippen molar-refractivity contribution in [1.29, 1.82) is 0 Å². The van der Waals surface area contributed by atoms with E-state index in [2.05, 4.69) is 5.32 Å². The Hall–Kier alpha value is -1.06. The number of nitrogens with two attached hydrogens (primary N) is 1. The maximum atomic E-state index is 5.72. The molecule has 0 saturated carbocycles. The fraction of sp³-hybridized carbons (Fsp3) is 0.333. The summed E-state index contributed by atoms with van der Waals surface area (Å²) in [4.78, 5) is 0. The predicted octanol–water partition coefficient (Wildman–Crippen LogP) is 0.592. The van der Waals surface area contributed by atoms with Crippen LogP contribution in [0.15, 0.2) is 28.9 Å². The van der Waals surface area contributed by atoms with E-state index in [4.69, 9.17) is 10.2 Å². The van der Waals surface area contributed by atoms with Gasteiger partial charge in [-0.2, -0.15) is 0 Å². The van der Waals surface area contributed by atoms with E-state index in [0.29, 0.717) is 6.04 Å². The van der Waals surface area contributed by atoms with Crippen molar-refractivity contribution in [1.82, 2.24) is 5.32 Å². The maximum absolute atomic E-state index is 5.72. The van der Waals surface area contributed by atoms with Gasteiger partial charge in [-0.3, -0.25) is 0 Å². The van der Waals surface area contributed by atoms with E-state index in [1.54, 1.807) is 6.26 Å². The van der Waals surface area contributed by atoms with E-state index < -0.39 is 0 Å². The van der Waals surface area contributed by atoms with Crippen molar-refractivity contribution < 1.29 is 4.42 Å². The van der Waals surface area contributed by atoms with Crippen LogP contribution in [0, 0.1) is 0 Å². The predicted molar refractivity (Wildman–Crippen MR) is 47.5 cm³/mol. The Kier molecular flexibility index (Phi) is 1.98. The van der Waals surface area contributed by atoms with E-state index in [0.717, 1.165) is 12.3 Å². The summed E-state index contributed by atoms with van der Waals surface area (Å²) in [5.74, 6) is 0.871. The molecule has 3 heteroatoms. The Labute approximate surface area is 71.2 Å². The van der Waals surface area contributed by atoms with Gasteiger partial charge in [0.1, 0.15) is 5.76 Å². The van der Waals surface area contributed by atoms with E-state index in [-0.39, 0.29) is 6.04 Å². The first-order valence-corrected chi connectivity index (χ1v) is 4.07. The van der Waals surface area contributed by atoms with Crippen LogP contribution in [0.25, 0.3) is 6.08 Å². The lowest BCUT2D eigenvalue weighted by Gasteiger charge is -2.32. The lowest BCUT2D eigenvalue weighted by molar-refractivity contribution is 0.367. The minimum absolute atomic E-state index is 0.260. The molecule has 1 aliphatic heterocycles. The highest BCUT2D eigenvalue weighted by molar-refractivity contribution is 5.44. The van der Waals surface area contributed by atoms with Gasteiger partial charge in [-0.15, -0.1) is 0 Å². The Balaban J connectivity index is 1.94. The summed E-state index contributed by atoms with van der Waals surface area (Å²) in [6, 6.07) is 4.36. The molecular weight excluding hydrogens is 152 g/mol. The van der Waals surface area contributed by atoms with Gasteiger partial charge in [-0.05, 0) is 18.2 Å². The average molecular weight is 164 g/mol. The van der Waals surface area contributed by atoms with Crippen LogP contribution in [-0.4, -0.2) is 18.6 Å². The van der Waals surface area contributed by atoms with Crippen LogP contribution in [-0.2, 0) is 0 Å². The van der Waals surface area contributed by atoms with E-state index in [1.807, 2.05) is 24.3 Å². The van der Waals surface area contributed by atoms with Crippen LogP contribution in [0.5, 0.6) is 0 Å². The lowest BCUT2D eigenvalue weighted by Crippen LogP contribution is -2.60. The van der Waals surface area contributed by atoms with Crippen molar-refractivity contribution >= 4 is 6.08 Å². The molecule has 0 radical (unpaired) electrons. The molecule has 0 aliphatic carbocycles. The molecule has 1 aromatic heterocycles. The fourth-order valence-corrected chi connectivity index (χ4v) is 1.19. The van der Waals surface area contributed by atoms with Gasteiger partial charge in [0.05, 0.1) is 6.26 Å². The fourth-order valence-electron chi connectivity index (χ4n) is 1.19. The number of hydrogen-bond acceptors (Lipinski definition) is 3. The number of furan rings is 1. The third-order valence-corrected chi connectivity index (χ3v) is 2.06. The zero-order chi connectivity index (χ0) is 8.39. The second-order valence-corrected chi connectivity index (χ2v) is 2.97. The highest BCUT2D eigenvalue weighted by atomic mass is 16.3. The Bertz CT molecular complexity index is 266. The first-order chi connectivity index (χ1) is 5.86. The second-order valence-electron chi connectivity index (χ2n) is 2.97. The number of hydrogen-bond donors (Lipinski definition) is 2. The second kappa shape index (κ2) is 3.13. The molecule has 0 bridgehead atoms. The molecule has 12 heavy (non-hydrogen) atoms. The largest absolute Gasteiger partial charge is 0.465 e. The molecule has 2 rings (SSSR count). The summed E-state index contributed by atoms with van der Waals surface area (Å²) in [6.07, 6.45) is 5.64. The summed E-state index contributed by atoms with van der Waals surface area (Å²) in [7, 11) is 0. The van der Waals surface area contributed by atoms with Gasteiger partial charge in [0.25, 0.3) is 0 Å². The highest BCUT2D eigenvalue weighted by Crippen LogP contribution is 2.07. The van der Waals surface area contributed by atoms with Crippen molar-refractivity contribution in [2.45, 2.75) is 12.1 Å². The molecule has 1 aliphatic rings. The molecule has 2 heterocycles. The van der Waals surface area contributed by atoms with Gasteiger partial charge in [0.15, 0.2) is 0 Å². The van der Waals surface area contributed by atoms with Crippen LogP contribution >= 0.6 is 0 Å². The van der Waals surface area contributed by atoms with Crippen molar-refractivity contribution in [3.63, 3.8) is 0 Å². The smallest absolute Gasteiger partial charge is 0.126 e. The molecule has 3 nitrogen and oxygen atoms in total. The van der Waals surface area contributed by atoms with Crippen molar-refractivity contribution in [2.24, 2.45) is 5.73 Å². The Morgan fingerprint density at radius 2 is 2.58 bits per heavy atom.